The lowest BCUT2D eigenvalue weighted by molar-refractivity contribution is -0.384. The quantitative estimate of drug-likeness (QED) is 0.529. The summed E-state index contributed by atoms with van der Waals surface area (Å²) in [6, 6.07) is 9.25. The Hall–Kier alpha value is -3.02. The molecule has 6 heteroatoms. The monoisotopic (exact) mass is 287 g/mol. The van der Waals surface area contributed by atoms with E-state index >= 15 is 0 Å². The number of non-ortho nitro benzene ring substituents is 1. The van der Waals surface area contributed by atoms with Crippen LogP contribution in [0.5, 0.6) is 0 Å². The van der Waals surface area contributed by atoms with Crippen LogP contribution >= 0.6 is 0 Å². The minimum absolute atomic E-state index is 0.164. The average molecular weight is 287 g/mol. The second-order valence-electron chi connectivity index (χ2n) is 4.22. The molecule has 0 radical (unpaired) electrons. The van der Waals surface area contributed by atoms with E-state index in [1.807, 2.05) is 0 Å². The molecule has 0 aliphatic heterocycles. The van der Waals surface area contributed by atoms with Gasteiger partial charge in [0.05, 0.1) is 10.5 Å². The summed E-state index contributed by atoms with van der Waals surface area (Å²) in [5.74, 6) is -1.62. The molecular weight excluding hydrogens is 277 g/mol. The Kier molecular flexibility index (Phi) is 4.08. The van der Waals surface area contributed by atoms with Crippen molar-refractivity contribution in [3.63, 3.8) is 0 Å². The first kappa shape index (κ1) is 14.4. The molecule has 0 saturated carbocycles. The number of rotatable bonds is 4. The van der Waals surface area contributed by atoms with E-state index in [2.05, 4.69) is 0 Å². The largest absolute Gasteiger partial charge is 0.478 e. The zero-order valence-electron chi connectivity index (χ0n) is 10.7. The number of hydrogen-bond acceptors (Lipinski definition) is 3. The van der Waals surface area contributed by atoms with Crippen LogP contribution in [0.1, 0.15) is 21.5 Å². The van der Waals surface area contributed by atoms with Gasteiger partial charge in [-0.2, -0.15) is 0 Å². The molecule has 5 nitrogen and oxygen atoms in total. The van der Waals surface area contributed by atoms with Crippen molar-refractivity contribution in [2.24, 2.45) is 0 Å². The maximum absolute atomic E-state index is 12.8. The Morgan fingerprint density at radius 3 is 2.38 bits per heavy atom. The smallest absolute Gasteiger partial charge is 0.336 e. The summed E-state index contributed by atoms with van der Waals surface area (Å²) < 4.78 is 12.8. The van der Waals surface area contributed by atoms with Gasteiger partial charge in [0.25, 0.3) is 5.69 Å². The number of halogens is 1. The van der Waals surface area contributed by atoms with Crippen LogP contribution in [-0.4, -0.2) is 16.0 Å². The fourth-order valence-electron chi connectivity index (χ4n) is 1.75. The molecule has 0 unspecified atom stereocenters. The highest BCUT2D eigenvalue weighted by atomic mass is 19.1. The van der Waals surface area contributed by atoms with Gasteiger partial charge in [-0.05, 0) is 29.3 Å². The maximum atomic E-state index is 12.8. The molecule has 0 aliphatic carbocycles. The molecule has 0 atom stereocenters. The molecule has 2 aromatic rings. The van der Waals surface area contributed by atoms with Crippen LogP contribution in [0.4, 0.5) is 10.1 Å². The minimum atomic E-state index is -1.25. The topological polar surface area (TPSA) is 80.4 Å². The van der Waals surface area contributed by atoms with Crippen molar-refractivity contribution in [1.29, 1.82) is 0 Å². The van der Waals surface area contributed by atoms with Crippen molar-refractivity contribution in [2.75, 3.05) is 0 Å². The van der Waals surface area contributed by atoms with E-state index in [-0.39, 0.29) is 17.1 Å². The lowest BCUT2D eigenvalue weighted by Crippen LogP contribution is -2.01. The van der Waals surface area contributed by atoms with E-state index < -0.39 is 10.9 Å². The molecule has 0 amide bonds. The number of nitro benzene ring substituents is 1. The number of aromatic carboxylic acids is 1. The van der Waals surface area contributed by atoms with Crippen LogP contribution in [0.3, 0.4) is 0 Å². The molecule has 2 aromatic carbocycles. The van der Waals surface area contributed by atoms with Crippen LogP contribution in [0, 0.1) is 15.9 Å². The molecule has 0 fully saturated rings. The van der Waals surface area contributed by atoms with E-state index in [0.717, 1.165) is 6.07 Å². The lowest BCUT2D eigenvalue weighted by atomic mass is 10.0. The summed E-state index contributed by atoms with van der Waals surface area (Å²) in [7, 11) is 0. The van der Waals surface area contributed by atoms with Gasteiger partial charge < -0.3 is 5.11 Å². The second-order valence-corrected chi connectivity index (χ2v) is 4.22. The Morgan fingerprint density at radius 2 is 1.81 bits per heavy atom. The van der Waals surface area contributed by atoms with Gasteiger partial charge in [-0.1, -0.05) is 24.3 Å². The first-order valence-corrected chi connectivity index (χ1v) is 5.93. The van der Waals surface area contributed by atoms with Crippen molar-refractivity contribution in [2.45, 2.75) is 0 Å². The van der Waals surface area contributed by atoms with Gasteiger partial charge in [0, 0.05) is 12.1 Å². The van der Waals surface area contributed by atoms with Gasteiger partial charge in [0.1, 0.15) is 5.82 Å². The molecule has 0 aromatic heterocycles. The molecule has 106 valence electrons. The molecule has 0 heterocycles. The Balaban J connectivity index is 2.37. The molecule has 0 saturated heterocycles. The van der Waals surface area contributed by atoms with E-state index in [4.69, 9.17) is 5.11 Å². The third-order valence-electron chi connectivity index (χ3n) is 2.80. The summed E-state index contributed by atoms with van der Waals surface area (Å²) in [6.07, 6.45) is 3.12. The van der Waals surface area contributed by atoms with E-state index in [1.165, 1.54) is 42.5 Å². The molecule has 21 heavy (non-hydrogen) atoms. The first-order valence-electron chi connectivity index (χ1n) is 5.93. The zero-order valence-corrected chi connectivity index (χ0v) is 10.7. The Bertz CT molecular complexity index is 723. The normalized spacial score (nSPS) is 10.7. The summed E-state index contributed by atoms with van der Waals surface area (Å²) in [5, 5.41) is 19.8. The summed E-state index contributed by atoms with van der Waals surface area (Å²) in [6.45, 7) is 0. The van der Waals surface area contributed by atoms with Gasteiger partial charge in [-0.25, -0.2) is 9.18 Å². The number of nitrogens with zero attached hydrogens (tertiary/aromatic N) is 1. The van der Waals surface area contributed by atoms with Gasteiger partial charge in [0.2, 0.25) is 0 Å². The van der Waals surface area contributed by atoms with Crippen LogP contribution < -0.4 is 0 Å². The number of carbonyl (C=O) groups is 1. The van der Waals surface area contributed by atoms with Crippen molar-refractivity contribution in [3.05, 3.63) is 75.1 Å². The van der Waals surface area contributed by atoms with Gasteiger partial charge in [-0.3, -0.25) is 10.1 Å². The molecule has 0 bridgehead atoms. The number of benzene rings is 2. The Labute approximate surface area is 119 Å². The molecule has 2 rings (SSSR count). The zero-order chi connectivity index (χ0) is 15.4. The molecule has 0 aliphatic rings. The summed E-state index contributed by atoms with van der Waals surface area (Å²) in [4.78, 5) is 21.2. The molecule has 1 N–H and O–H groups in total. The summed E-state index contributed by atoms with van der Waals surface area (Å²) in [5.41, 5.74) is 0.567. The molecule has 0 spiro atoms. The van der Waals surface area contributed by atoms with Gasteiger partial charge >= 0.3 is 5.97 Å². The third kappa shape index (κ3) is 3.50. The SMILES string of the molecule is O=C(O)c1cc([N+](=O)[O-])ccc1/C=C/c1ccc(F)cc1. The standard InChI is InChI=1S/C15H10FNO4/c16-12-6-2-10(3-7-12)1-4-11-5-8-13(17(20)21)9-14(11)15(18)19/h1-9H,(H,18,19)/b4-1+. The van der Waals surface area contributed by atoms with Crippen LogP contribution in [0.2, 0.25) is 0 Å². The number of nitro groups is 1. The predicted octanol–water partition coefficient (Wildman–Crippen LogP) is 3.60. The van der Waals surface area contributed by atoms with Crippen molar-refractivity contribution >= 4 is 23.8 Å². The molecular formula is C15H10FNO4. The number of carboxylic acid groups (broad SMARTS) is 1. The number of carboxylic acids is 1. The third-order valence-corrected chi connectivity index (χ3v) is 2.80. The maximum Gasteiger partial charge on any atom is 0.336 e. The highest BCUT2D eigenvalue weighted by Crippen LogP contribution is 2.20. The lowest BCUT2D eigenvalue weighted by Gasteiger charge is -2.01. The van der Waals surface area contributed by atoms with E-state index in [0.29, 0.717) is 11.1 Å². The fourth-order valence-corrected chi connectivity index (χ4v) is 1.75. The van der Waals surface area contributed by atoms with Gasteiger partial charge in [-0.15, -0.1) is 0 Å². The van der Waals surface area contributed by atoms with Crippen LogP contribution in [-0.2, 0) is 0 Å². The van der Waals surface area contributed by atoms with Crippen molar-refractivity contribution in [1.82, 2.24) is 0 Å². The summed E-state index contributed by atoms with van der Waals surface area (Å²) >= 11 is 0. The van der Waals surface area contributed by atoms with Crippen molar-refractivity contribution in [3.8, 4) is 0 Å². The predicted molar refractivity (Wildman–Crippen MR) is 75.4 cm³/mol. The average Bonchev–Trinajstić information content (AvgIpc) is 2.46. The minimum Gasteiger partial charge on any atom is -0.478 e. The van der Waals surface area contributed by atoms with Crippen molar-refractivity contribution < 1.29 is 19.2 Å². The number of hydrogen-bond donors (Lipinski definition) is 1. The second kappa shape index (κ2) is 5.96. The fraction of sp³-hybridized carbons (Fsp3) is 0. The first-order chi connectivity index (χ1) is 9.97. The van der Waals surface area contributed by atoms with Crippen LogP contribution in [0.25, 0.3) is 12.2 Å². The van der Waals surface area contributed by atoms with Crippen LogP contribution in [0.15, 0.2) is 42.5 Å². The highest BCUT2D eigenvalue weighted by molar-refractivity contribution is 5.94. The van der Waals surface area contributed by atoms with E-state index in [9.17, 15) is 19.3 Å². The Morgan fingerprint density at radius 1 is 1.14 bits per heavy atom. The van der Waals surface area contributed by atoms with E-state index in [1.54, 1.807) is 6.08 Å². The highest BCUT2D eigenvalue weighted by Gasteiger charge is 2.14. The van der Waals surface area contributed by atoms with Gasteiger partial charge in [0.15, 0.2) is 0 Å².